The van der Waals surface area contributed by atoms with E-state index >= 15 is 0 Å². The molecule has 0 aromatic carbocycles. The van der Waals surface area contributed by atoms with Crippen LogP contribution in [0.5, 0.6) is 0 Å². The molecule has 0 aromatic heterocycles. The number of allylic oxidation sites excluding steroid dienone is 1. The molecule has 1 unspecified atom stereocenters. The van der Waals surface area contributed by atoms with Crippen LogP contribution in [0.25, 0.3) is 0 Å². The second-order valence-corrected chi connectivity index (χ2v) is 3.81. The van der Waals surface area contributed by atoms with Gasteiger partial charge in [-0.2, -0.15) is 0 Å². The Morgan fingerprint density at radius 1 is 1.44 bits per heavy atom. The van der Waals surface area contributed by atoms with Crippen molar-refractivity contribution >= 4 is 22.5 Å². The van der Waals surface area contributed by atoms with Gasteiger partial charge in [-0.15, -0.1) is 11.7 Å². The second-order valence-electron chi connectivity index (χ2n) is 2.36. The molecular weight excluding hydrogens is 148 g/mol. The fraction of sp³-hybridized carbons (Fsp3) is 0.714. The quantitative estimate of drug-likeness (QED) is 0.349. The van der Waals surface area contributed by atoms with Gasteiger partial charge in [-0.3, -0.25) is 0 Å². The molecule has 1 rings (SSSR count). The van der Waals surface area contributed by atoms with Gasteiger partial charge in [0.1, 0.15) is 0 Å². The zero-order valence-corrected chi connectivity index (χ0v) is 7.13. The summed E-state index contributed by atoms with van der Waals surface area (Å²) in [6.45, 7) is 0. The summed E-state index contributed by atoms with van der Waals surface area (Å²) < 4.78 is 0. The molecule has 0 aliphatic heterocycles. The third kappa shape index (κ3) is 2.67. The van der Waals surface area contributed by atoms with E-state index in [-0.39, 0.29) is 0 Å². The molecule has 2 heteroatoms. The Labute approximate surface area is 65.9 Å². The van der Waals surface area contributed by atoms with Crippen molar-refractivity contribution < 1.29 is 0 Å². The van der Waals surface area contributed by atoms with Crippen LogP contribution < -0.4 is 0 Å². The molecule has 52 valence electrons. The van der Waals surface area contributed by atoms with E-state index in [0.29, 0.717) is 5.25 Å². The van der Waals surface area contributed by atoms with E-state index in [1.165, 1.54) is 25.7 Å². The summed E-state index contributed by atoms with van der Waals surface area (Å²) in [6.07, 6.45) is 9.87. The van der Waals surface area contributed by atoms with Crippen LogP contribution in [0, 0.1) is 0 Å². The number of thiol groups is 1. The molecule has 9 heavy (non-hydrogen) atoms. The number of hydrogen-bond donors (Lipinski definition) is 1. The second kappa shape index (κ2) is 4.29. The van der Waals surface area contributed by atoms with Crippen molar-refractivity contribution in [2.45, 2.75) is 30.9 Å². The highest BCUT2D eigenvalue weighted by molar-refractivity contribution is 8.68. The van der Waals surface area contributed by atoms with E-state index in [2.05, 4.69) is 23.8 Å². The summed E-state index contributed by atoms with van der Waals surface area (Å²) in [7, 11) is 1.67. The van der Waals surface area contributed by atoms with Crippen LogP contribution in [-0.4, -0.2) is 5.25 Å². The normalized spacial score (nSPS) is 27.9. The van der Waals surface area contributed by atoms with Gasteiger partial charge in [0, 0.05) is 5.25 Å². The van der Waals surface area contributed by atoms with E-state index in [4.69, 9.17) is 0 Å². The molecule has 0 spiro atoms. The minimum atomic E-state index is 0.677. The first kappa shape index (κ1) is 7.55. The highest BCUT2D eigenvalue weighted by Gasteiger charge is 2.04. The molecule has 1 aliphatic carbocycles. The lowest BCUT2D eigenvalue weighted by atomic mass is 10.2. The van der Waals surface area contributed by atoms with Crippen molar-refractivity contribution in [3.63, 3.8) is 0 Å². The lowest BCUT2D eigenvalue weighted by Gasteiger charge is -2.03. The molecule has 0 fully saturated rings. The highest BCUT2D eigenvalue weighted by atomic mass is 33.1. The van der Waals surface area contributed by atoms with Gasteiger partial charge in [0.2, 0.25) is 0 Å². The van der Waals surface area contributed by atoms with Gasteiger partial charge in [0.05, 0.1) is 0 Å². The van der Waals surface area contributed by atoms with Crippen molar-refractivity contribution in [2.75, 3.05) is 0 Å². The minimum absolute atomic E-state index is 0.677. The first-order valence-electron chi connectivity index (χ1n) is 3.40. The van der Waals surface area contributed by atoms with Gasteiger partial charge in [0.15, 0.2) is 0 Å². The Balaban J connectivity index is 2.33. The summed E-state index contributed by atoms with van der Waals surface area (Å²) >= 11 is 4.18. The van der Waals surface area contributed by atoms with Crippen molar-refractivity contribution in [1.82, 2.24) is 0 Å². The summed E-state index contributed by atoms with van der Waals surface area (Å²) in [4.78, 5) is 0. The van der Waals surface area contributed by atoms with Gasteiger partial charge in [0.25, 0.3) is 0 Å². The van der Waals surface area contributed by atoms with Crippen LogP contribution in [0.1, 0.15) is 25.7 Å². The van der Waals surface area contributed by atoms with Gasteiger partial charge in [-0.1, -0.05) is 29.4 Å². The summed E-state index contributed by atoms with van der Waals surface area (Å²) in [5, 5.41) is 0.677. The maximum Gasteiger partial charge on any atom is 0.0328 e. The Bertz CT molecular complexity index is 99.1. The number of rotatable bonds is 1. The third-order valence-corrected chi connectivity index (χ3v) is 3.07. The van der Waals surface area contributed by atoms with Crippen LogP contribution in [0.4, 0.5) is 0 Å². The predicted octanol–water partition coefficient (Wildman–Crippen LogP) is 3.06. The lowest BCUT2D eigenvalue weighted by Crippen LogP contribution is -1.91. The fourth-order valence-electron chi connectivity index (χ4n) is 1.04. The van der Waals surface area contributed by atoms with Gasteiger partial charge in [-0.25, -0.2) is 0 Å². The Morgan fingerprint density at radius 3 is 3.11 bits per heavy atom. The van der Waals surface area contributed by atoms with Crippen LogP contribution in [-0.2, 0) is 0 Å². The van der Waals surface area contributed by atoms with E-state index in [1.807, 2.05) is 0 Å². The molecule has 0 saturated heterocycles. The standard InChI is InChI=1S/C7H12S2/c8-9-7-5-3-1-2-4-6-7/h3,5,7-8H,1-2,4,6H2. The lowest BCUT2D eigenvalue weighted by molar-refractivity contribution is 0.725. The van der Waals surface area contributed by atoms with Crippen molar-refractivity contribution in [1.29, 1.82) is 0 Å². The summed E-state index contributed by atoms with van der Waals surface area (Å²) in [5.74, 6) is 0. The van der Waals surface area contributed by atoms with Crippen LogP contribution >= 0.6 is 22.5 Å². The molecular formula is C7H12S2. The van der Waals surface area contributed by atoms with E-state index in [1.54, 1.807) is 10.8 Å². The Morgan fingerprint density at radius 2 is 2.33 bits per heavy atom. The molecule has 0 radical (unpaired) electrons. The molecule has 0 nitrogen and oxygen atoms in total. The van der Waals surface area contributed by atoms with Gasteiger partial charge < -0.3 is 0 Å². The first-order valence-corrected chi connectivity index (χ1v) is 5.33. The third-order valence-electron chi connectivity index (χ3n) is 1.60. The largest absolute Gasteiger partial charge is 0.111 e. The molecule has 0 N–H and O–H groups in total. The van der Waals surface area contributed by atoms with Crippen molar-refractivity contribution in [3.05, 3.63) is 12.2 Å². The zero-order valence-electron chi connectivity index (χ0n) is 5.42. The molecule has 0 bridgehead atoms. The Kier molecular flexibility index (Phi) is 3.59. The van der Waals surface area contributed by atoms with Crippen LogP contribution in [0.15, 0.2) is 12.2 Å². The maximum absolute atomic E-state index is 4.18. The number of hydrogen-bond acceptors (Lipinski definition) is 2. The van der Waals surface area contributed by atoms with E-state index < -0.39 is 0 Å². The SMILES string of the molecule is SSC1C=CCCCC1. The zero-order chi connectivity index (χ0) is 6.53. The predicted molar refractivity (Wildman–Crippen MR) is 48.0 cm³/mol. The highest BCUT2D eigenvalue weighted by Crippen LogP contribution is 2.24. The fourth-order valence-corrected chi connectivity index (χ4v) is 2.02. The van der Waals surface area contributed by atoms with E-state index in [0.717, 1.165) is 0 Å². The monoisotopic (exact) mass is 160 g/mol. The Hall–Kier alpha value is 0.440. The van der Waals surface area contributed by atoms with Crippen molar-refractivity contribution in [3.8, 4) is 0 Å². The minimum Gasteiger partial charge on any atom is -0.111 e. The van der Waals surface area contributed by atoms with E-state index in [9.17, 15) is 0 Å². The maximum atomic E-state index is 4.18. The summed E-state index contributed by atoms with van der Waals surface area (Å²) in [5.41, 5.74) is 0. The molecule has 0 aromatic rings. The summed E-state index contributed by atoms with van der Waals surface area (Å²) in [6, 6.07) is 0. The topological polar surface area (TPSA) is 0 Å². The van der Waals surface area contributed by atoms with Crippen LogP contribution in [0.3, 0.4) is 0 Å². The smallest absolute Gasteiger partial charge is 0.0328 e. The molecule has 0 heterocycles. The molecule has 0 saturated carbocycles. The molecule has 1 aliphatic rings. The average molecular weight is 160 g/mol. The molecule has 0 amide bonds. The van der Waals surface area contributed by atoms with Gasteiger partial charge >= 0.3 is 0 Å². The average Bonchev–Trinajstić information content (AvgIpc) is 2.13. The molecule has 1 atom stereocenters. The van der Waals surface area contributed by atoms with Gasteiger partial charge in [-0.05, 0) is 19.3 Å². The first-order chi connectivity index (χ1) is 4.43. The van der Waals surface area contributed by atoms with Crippen molar-refractivity contribution in [2.24, 2.45) is 0 Å². The van der Waals surface area contributed by atoms with Crippen LogP contribution in [0.2, 0.25) is 0 Å².